The predicted molar refractivity (Wildman–Crippen MR) is 109 cm³/mol. The van der Waals surface area contributed by atoms with E-state index in [1.165, 1.54) is 30.3 Å². The zero-order valence-electron chi connectivity index (χ0n) is 16.3. The third kappa shape index (κ3) is 3.70. The fourth-order valence-corrected chi connectivity index (χ4v) is 3.28. The molecule has 13 heteroatoms. The second-order valence-corrected chi connectivity index (χ2v) is 6.77. The van der Waals surface area contributed by atoms with Crippen LogP contribution in [0.4, 0.5) is 11.8 Å². The summed E-state index contributed by atoms with van der Waals surface area (Å²) in [7, 11) is 1.43. The summed E-state index contributed by atoms with van der Waals surface area (Å²) < 4.78 is 12.1. The number of rotatable bonds is 6. The Morgan fingerprint density at radius 3 is 2.84 bits per heavy atom. The molecular formula is C18H21N7O6. The van der Waals surface area contributed by atoms with Crippen LogP contribution in [-0.4, -0.2) is 78.2 Å². The van der Waals surface area contributed by atoms with Crippen molar-refractivity contribution in [2.24, 2.45) is 5.10 Å². The maximum Gasteiger partial charge on any atom is 0.228 e. The summed E-state index contributed by atoms with van der Waals surface area (Å²) in [6.07, 6.45) is -2.09. The number of ether oxygens (including phenoxy) is 2. The molecule has 0 saturated carbocycles. The summed E-state index contributed by atoms with van der Waals surface area (Å²) in [6.45, 7) is -0.484. The van der Waals surface area contributed by atoms with Gasteiger partial charge < -0.3 is 35.6 Å². The molecule has 1 fully saturated rings. The molecule has 4 atom stereocenters. The first kappa shape index (κ1) is 20.7. The smallest absolute Gasteiger partial charge is 0.228 e. The van der Waals surface area contributed by atoms with E-state index in [1.807, 2.05) is 0 Å². The van der Waals surface area contributed by atoms with E-state index in [0.717, 1.165) is 0 Å². The van der Waals surface area contributed by atoms with Gasteiger partial charge in [0.25, 0.3) is 0 Å². The number of hydrogen-bond donors (Lipinski definition) is 6. The van der Waals surface area contributed by atoms with Crippen molar-refractivity contribution < 1.29 is 29.9 Å². The Labute approximate surface area is 175 Å². The quantitative estimate of drug-likeness (QED) is 0.211. The minimum Gasteiger partial charge on any atom is -0.504 e. The van der Waals surface area contributed by atoms with Crippen molar-refractivity contribution in [1.82, 2.24) is 19.5 Å². The Hall–Kier alpha value is -3.52. The number of hydrogen-bond acceptors (Lipinski definition) is 12. The average Bonchev–Trinajstić information content (AvgIpc) is 3.27. The molecule has 0 amide bonds. The summed E-state index contributed by atoms with van der Waals surface area (Å²) in [5, 5.41) is 43.8. The van der Waals surface area contributed by atoms with Gasteiger partial charge in [0.15, 0.2) is 34.7 Å². The minimum absolute atomic E-state index is 0.00665. The number of aliphatic hydroxyl groups excluding tert-OH is 3. The number of phenols is 1. The molecule has 2 aromatic heterocycles. The van der Waals surface area contributed by atoms with E-state index in [-0.39, 0.29) is 34.4 Å². The summed E-state index contributed by atoms with van der Waals surface area (Å²) in [6, 6.07) is 4.67. The summed E-state index contributed by atoms with van der Waals surface area (Å²) in [5.74, 6) is 0.489. The number of fused-ring (bicyclic) bond motifs is 1. The van der Waals surface area contributed by atoms with Crippen molar-refractivity contribution >= 4 is 29.1 Å². The molecule has 1 aliphatic rings. The molecule has 0 spiro atoms. The van der Waals surface area contributed by atoms with Crippen LogP contribution in [0.2, 0.25) is 0 Å². The molecule has 1 aromatic carbocycles. The van der Waals surface area contributed by atoms with Gasteiger partial charge in [0.1, 0.15) is 24.6 Å². The highest BCUT2D eigenvalue weighted by Gasteiger charge is 2.45. The van der Waals surface area contributed by atoms with Crippen molar-refractivity contribution in [2.75, 3.05) is 24.9 Å². The monoisotopic (exact) mass is 431 g/mol. The van der Waals surface area contributed by atoms with Gasteiger partial charge in [-0.2, -0.15) is 5.10 Å². The maximum absolute atomic E-state index is 10.5. The van der Waals surface area contributed by atoms with Gasteiger partial charge in [-0.1, -0.05) is 0 Å². The largest absolute Gasteiger partial charge is 0.504 e. The Balaban J connectivity index is 1.69. The molecule has 0 aliphatic carbocycles. The first-order valence-electron chi connectivity index (χ1n) is 9.21. The summed E-state index contributed by atoms with van der Waals surface area (Å²) in [4.78, 5) is 12.4. The number of hydrazone groups is 1. The number of aliphatic hydroxyl groups is 3. The van der Waals surface area contributed by atoms with Crippen molar-refractivity contribution in [3.05, 3.63) is 30.1 Å². The lowest BCUT2D eigenvalue weighted by molar-refractivity contribution is -0.0501. The number of nitrogen functional groups attached to an aromatic ring is 1. The average molecular weight is 431 g/mol. The standard InChI is InChI=1S/C18H21N7O6/c1-30-10-4-8(2-3-9(10)27)5-22-24-18-23-12-15(19)20-7-21-16(12)25(18)17-14(29)13(28)11(6-26)31-17/h2-5,7,11,13-14,17,26-29H,6H2,1H3,(H,23,24)(H2,19,20,21)/b22-5+/t11-,13-,14-,17-/m1/s1. The summed E-state index contributed by atoms with van der Waals surface area (Å²) in [5.41, 5.74) is 9.73. The number of aromatic nitrogens is 4. The number of nitrogens with one attached hydrogen (secondary N) is 1. The second-order valence-electron chi connectivity index (χ2n) is 6.77. The molecule has 0 unspecified atom stereocenters. The van der Waals surface area contributed by atoms with Crippen LogP contribution in [0.25, 0.3) is 11.2 Å². The zero-order valence-corrected chi connectivity index (χ0v) is 16.3. The number of aromatic hydroxyl groups is 1. The number of nitrogens with zero attached hydrogens (tertiary/aromatic N) is 5. The first-order chi connectivity index (χ1) is 14.9. The number of phenolic OH excluding ortho intramolecular Hbond substituents is 1. The molecule has 3 heterocycles. The van der Waals surface area contributed by atoms with Crippen LogP contribution >= 0.6 is 0 Å². The van der Waals surface area contributed by atoms with Crippen LogP contribution in [-0.2, 0) is 4.74 Å². The molecule has 4 rings (SSSR count). The van der Waals surface area contributed by atoms with Gasteiger partial charge in [-0.15, -0.1) is 0 Å². The Morgan fingerprint density at radius 1 is 1.32 bits per heavy atom. The highest BCUT2D eigenvalue weighted by atomic mass is 16.6. The maximum atomic E-state index is 10.5. The Bertz CT molecular complexity index is 1120. The van der Waals surface area contributed by atoms with Gasteiger partial charge in [-0.25, -0.2) is 20.4 Å². The van der Waals surface area contributed by atoms with Crippen molar-refractivity contribution in [3.8, 4) is 11.5 Å². The molecule has 7 N–H and O–H groups in total. The lowest BCUT2D eigenvalue weighted by Gasteiger charge is -2.18. The van der Waals surface area contributed by atoms with Crippen LogP contribution in [0.15, 0.2) is 29.6 Å². The lowest BCUT2D eigenvalue weighted by atomic mass is 10.1. The second kappa shape index (κ2) is 8.31. The van der Waals surface area contributed by atoms with E-state index in [4.69, 9.17) is 15.2 Å². The van der Waals surface area contributed by atoms with Gasteiger partial charge >= 0.3 is 0 Å². The molecule has 31 heavy (non-hydrogen) atoms. The highest BCUT2D eigenvalue weighted by molar-refractivity contribution is 5.85. The van der Waals surface area contributed by atoms with Crippen LogP contribution < -0.4 is 15.9 Å². The Morgan fingerprint density at radius 2 is 2.13 bits per heavy atom. The predicted octanol–water partition coefficient (Wildman–Crippen LogP) is -0.820. The van der Waals surface area contributed by atoms with E-state index in [0.29, 0.717) is 5.56 Å². The topological polar surface area (TPSA) is 193 Å². The molecule has 0 bridgehead atoms. The number of benzene rings is 1. The van der Waals surface area contributed by atoms with E-state index in [9.17, 15) is 20.4 Å². The lowest BCUT2D eigenvalue weighted by Crippen LogP contribution is -2.33. The molecular weight excluding hydrogens is 410 g/mol. The minimum atomic E-state index is -1.36. The van der Waals surface area contributed by atoms with E-state index < -0.39 is 31.1 Å². The highest BCUT2D eigenvalue weighted by Crippen LogP contribution is 2.35. The van der Waals surface area contributed by atoms with Gasteiger partial charge in [0.2, 0.25) is 5.95 Å². The summed E-state index contributed by atoms with van der Waals surface area (Å²) >= 11 is 0. The fourth-order valence-electron chi connectivity index (χ4n) is 3.28. The van der Waals surface area contributed by atoms with Crippen LogP contribution in [0.5, 0.6) is 11.5 Å². The number of nitrogens with two attached hydrogens (primary N) is 1. The SMILES string of the molecule is COc1cc(/C=N/Nc2nc3c(N)ncnc3n2[C@@H]2O[C@H](CO)[C@@H](O)[C@H]2O)ccc1O. The van der Waals surface area contributed by atoms with Crippen molar-refractivity contribution in [1.29, 1.82) is 0 Å². The molecule has 0 radical (unpaired) electrons. The molecule has 3 aromatic rings. The number of methoxy groups -OCH3 is 1. The van der Waals surface area contributed by atoms with Crippen LogP contribution in [0, 0.1) is 0 Å². The zero-order chi connectivity index (χ0) is 22.1. The van der Waals surface area contributed by atoms with Crippen LogP contribution in [0.1, 0.15) is 11.8 Å². The number of imidazole rings is 1. The molecule has 1 saturated heterocycles. The normalized spacial score (nSPS) is 23.6. The fraction of sp³-hybridized carbons (Fsp3) is 0.333. The number of anilines is 2. The van der Waals surface area contributed by atoms with Crippen molar-refractivity contribution in [3.63, 3.8) is 0 Å². The van der Waals surface area contributed by atoms with Gasteiger partial charge in [-0.3, -0.25) is 4.57 Å². The van der Waals surface area contributed by atoms with Crippen molar-refractivity contribution in [2.45, 2.75) is 24.5 Å². The molecule has 13 nitrogen and oxygen atoms in total. The van der Waals surface area contributed by atoms with E-state index in [2.05, 4.69) is 25.5 Å². The third-order valence-corrected chi connectivity index (χ3v) is 4.86. The van der Waals surface area contributed by atoms with Gasteiger partial charge in [-0.05, 0) is 23.8 Å². The van der Waals surface area contributed by atoms with E-state index in [1.54, 1.807) is 12.1 Å². The van der Waals surface area contributed by atoms with E-state index >= 15 is 0 Å². The van der Waals surface area contributed by atoms with Gasteiger partial charge in [0, 0.05) is 0 Å². The van der Waals surface area contributed by atoms with Gasteiger partial charge in [0.05, 0.1) is 19.9 Å². The van der Waals surface area contributed by atoms with Crippen LogP contribution in [0.3, 0.4) is 0 Å². The third-order valence-electron chi connectivity index (χ3n) is 4.86. The molecule has 164 valence electrons. The first-order valence-corrected chi connectivity index (χ1v) is 9.21. The Kier molecular flexibility index (Phi) is 5.56. The molecule has 1 aliphatic heterocycles.